The van der Waals surface area contributed by atoms with Crippen LogP contribution in [-0.4, -0.2) is 14.5 Å². The van der Waals surface area contributed by atoms with Gasteiger partial charge in [0.15, 0.2) is 5.15 Å². The molecule has 0 radical (unpaired) electrons. The monoisotopic (exact) mass is 243 g/mol. The number of halogens is 1. The number of fused-ring (bicyclic) bond motifs is 1. The maximum atomic E-state index is 5.99. The molecule has 3 rings (SSSR count). The zero-order chi connectivity index (χ0) is 11.7. The molecule has 0 aliphatic heterocycles. The molecule has 3 aromatic rings. The lowest BCUT2D eigenvalue weighted by Gasteiger charge is -2.04. The van der Waals surface area contributed by atoms with E-state index in [9.17, 15) is 0 Å². The molecule has 0 fully saturated rings. The Morgan fingerprint density at radius 1 is 1.06 bits per heavy atom. The molecular formula is C13H10ClN3. The lowest BCUT2D eigenvalue weighted by molar-refractivity contribution is 0.824. The average Bonchev–Trinajstić information content (AvgIpc) is 2.76. The number of benzene rings is 1. The number of rotatable bonds is 2. The molecule has 0 aliphatic rings. The highest BCUT2D eigenvalue weighted by atomic mass is 35.5. The van der Waals surface area contributed by atoms with Crippen LogP contribution in [0.3, 0.4) is 0 Å². The van der Waals surface area contributed by atoms with Crippen molar-refractivity contribution in [2.24, 2.45) is 0 Å². The molecule has 0 saturated heterocycles. The van der Waals surface area contributed by atoms with Gasteiger partial charge in [0, 0.05) is 12.7 Å². The first-order valence-corrected chi connectivity index (χ1v) is 5.71. The summed E-state index contributed by atoms with van der Waals surface area (Å²) in [7, 11) is 0. The molecule has 0 spiro atoms. The third-order valence-corrected chi connectivity index (χ3v) is 2.97. The highest BCUT2D eigenvalue weighted by Crippen LogP contribution is 2.19. The minimum atomic E-state index is 0.453. The summed E-state index contributed by atoms with van der Waals surface area (Å²) in [6, 6.07) is 12.2. The van der Waals surface area contributed by atoms with E-state index in [1.54, 1.807) is 12.5 Å². The normalized spacial score (nSPS) is 10.9. The molecule has 0 amide bonds. The SMILES string of the molecule is Clc1nccc2c1ncn2Cc1ccccc1. The lowest BCUT2D eigenvalue weighted by atomic mass is 10.2. The quantitative estimate of drug-likeness (QED) is 0.648. The maximum Gasteiger partial charge on any atom is 0.156 e. The van der Waals surface area contributed by atoms with Crippen molar-refractivity contribution in [3.63, 3.8) is 0 Å². The summed E-state index contributed by atoms with van der Waals surface area (Å²) in [5, 5.41) is 0.453. The van der Waals surface area contributed by atoms with E-state index in [2.05, 4.69) is 26.7 Å². The van der Waals surface area contributed by atoms with Crippen LogP contribution in [0.4, 0.5) is 0 Å². The van der Waals surface area contributed by atoms with Gasteiger partial charge in [-0.1, -0.05) is 41.9 Å². The van der Waals surface area contributed by atoms with Gasteiger partial charge in [-0.2, -0.15) is 0 Å². The first-order chi connectivity index (χ1) is 8.34. The molecule has 0 atom stereocenters. The second kappa shape index (κ2) is 4.18. The Morgan fingerprint density at radius 3 is 2.71 bits per heavy atom. The summed E-state index contributed by atoms with van der Waals surface area (Å²) in [4.78, 5) is 8.30. The second-order valence-electron chi connectivity index (χ2n) is 3.83. The topological polar surface area (TPSA) is 30.7 Å². The van der Waals surface area contributed by atoms with Crippen LogP contribution in [0.1, 0.15) is 5.56 Å². The van der Waals surface area contributed by atoms with Gasteiger partial charge < -0.3 is 4.57 Å². The summed E-state index contributed by atoms with van der Waals surface area (Å²) in [5.41, 5.74) is 3.00. The number of nitrogens with zero attached hydrogens (tertiary/aromatic N) is 3. The van der Waals surface area contributed by atoms with Gasteiger partial charge in [0.05, 0.1) is 11.8 Å². The van der Waals surface area contributed by atoms with Crippen LogP contribution in [0.15, 0.2) is 48.9 Å². The first-order valence-electron chi connectivity index (χ1n) is 5.34. The Morgan fingerprint density at radius 2 is 1.88 bits per heavy atom. The molecule has 2 heterocycles. The minimum Gasteiger partial charge on any atom is -0.326 e. The lowest BCUT2D eigenvalue weighted by Crippen LogP contribution is -1.97. The van der Waals surface area contributed by atoms with Gasteiger partial charge >= 0.3 is 0 Å². The van der Waals surface area contributed by atoms with E-state index in [0.717, 1.165) is 17.6 Å². The standard InChI is InChI=1S/C13H10ClN3/c14-13-12-11(6-7-15-13)17(9-16-12)8-10-4-2-1-3-5-10/h1-7,9H,8H2. The molecular weight excluding hydrogens is 234 g/mol. The van der Waals surface area contributed by atoms with E-state index in [-0.39, 0.29) is 0 Å². The third kappa shape index (κ3) is 1.89. The van der Waals surface area contributed by atoms with Crippen molar-refractivity contribution in [3.8, 4) is 0 Å². The summed E-state index contributed by atoms with van der Waals surface area (Å²) in [6.45, 7) is 0.789. The molecule has 0 unspecified atom stereocenters. The fraction of sp³-hybridized carbons (Fsp3) is 0.0769. The Balaban J connectivity index is 2.05. The van der Waals surface area contributed by atoms with Gasteiger partial charge in [-0.3, -0.25) is 0 Å². The third-order valence-electron chi connectivity index (χ3n) is 2.69. The zero-order valence-corrected chi connectivity index (χ0v) is 9.80. The van der Waals surface area contributed by atoms with Crippen LogP contribution >= 0.6 is 11.6 Å². The Kier molecular flexibility index (Phi) is 2.53. The molecule has 0 aliphatic carbocycles. The summed E-state index contributed by atoms with van der Waals surface area (Å²) < 4.78 is 2.07. The van der Waals surface area contributed by atoms with Crippen LogP contribution in [0.5, 0.6) is 0 Å². The molecule has 2 aromatic heterocycles. The Bertz CT molecular complexity index is 646. The molecule has 4 heteroatoms. The molecule has 0 bridgehead atoms. The van der Waals surface area contributed by atoms with Gasteiger partial charge in [0.25, 0.3) is 0 Å². The van der Waals surface area contributed by atoms with Crippen molar-refractivity contribution in [1.82, 2.24) is 14.5 Å². The minimum absolute atomic E-state index is 0.453. The number of hydrogen-bond donors (Lipinski definition) is 0. The van der Waals surface area contributed by atoms with Gasteiger partial charge in [-0.15, -0.1) is 0 Å². The smallest absolute Gasteiger partial charge is 0.156 e. The number of pyridine rings is 1. The van der Waals surface area contributed by atoms with Crippen LogP contribution in [-0.2, 0) is 6.54 Å². The largest absolute Gasteiger partial charge is 0.326 e. The van der Waals surface area contributed by atoms with Crippen molar-refractivity contribution in [1.29, 1.82) is 0 Å². The average molecular weight is 244 g/mol. The van der Waals surface area contributed by atoms with Gasteiger partial charge in [0.2, 0.25) is 0 Å². The molecule has 0 saturated carbocycles. The van der Waals surface area contributed by atoms with Crippen LogP contribution < -0.4 is 0 Å². The van der Waals surface area contributed by atoms with Crippen molar-refractivity contribution >= 4 is 22.6 Å². The zero-order valence-electron chi connectivity index (χ0n) is 9.05. The molecule has 1 aromatic carbocycles. The second-order valence-corrected chi connectivity index (χ2v) is 4.19. The molecule has 17 heavy (non-hydrogen) atoms. The van der Waals surface area contributed by atoms with Crippen LogP contribution in [0, 0.1) is 0 Å². The van der Waals surface area contributed by atoms with Crippen molar-refractivity contribution < 1.29 is 0 Å². The number of hydrogen-bond acceptors (Lipinski definition) is 2. The molecule has 3 nitrogen and oxygen atoms in total. The van der Waals surface area contributed by atoms with E-state index in [4.69, 9.17) is 11.6 Å². The number of imidazole rings is 1. The molecule has 84 valence electrons. The predicted molar refractivity (Wildman–Crippen MR) is 68.1 cm³/mol. The number of aromatic nitrogens is 3. The van der Waals surface area contributed by atoms with E-state index in [0.29, 0.717) is 5.15 Å². The fourth-order valence-corrected chi connectivity index (χ4v) is 2.07. The maximum absolute atomic E-state index is 5.99. The fourth-order valence-electron chi connectivity index (χ4n) is 1.87. The Hall–Kier alpha value is -1.87. The summed E-state index contributed by atoms with van der Waals surface area (Å²) in [6.07, 6.45) is 3.50. The summed E-state index contributed by atoms with van der Waals surface area (Å²) >= 11 is 5.99. The van der Waals surface area contributed by atoms with Gasteiger partial charge in [0.1, 0.15) is 5.52 Å². The van der Waals surface area contributed by atoms with E-state index in [1.807, 2.05) is 24.3 Å². The van der Waals surface area contributed by atoms with Gasteiger partial charge in [-0.05, 0) is 11.6 Å². The van der Waals surface area contributed by atoms with E-state index in [1.165, 1.54) is 5.56 Å². The van der Waals surface area contributed by atoms with Crippen molar-refractivity contribution in [3.05, 3.63) is 59.6 Å². The Labute approximate surface area is 104 Å². The van der Waals surface area contributed by atoms with Crippen LogP contribution in [0.2, 0.25) is 5.15 Å². The summed E-state index contributed by atoms with van der Waals surface area (Å²) in [5.74, 6) is 0. The molecule has 0 N–H and O–H groups in total. The van der Waals surface area contributed by atoms with Gasteiger partial charge in [-0.25, -0.2) is 9.97 Å². The van der Waals surface area contributed by atoms with Crippen molar-refractivity contribution in [2.45, 2.75) is 6.54 Å². The van der Waals surface area contributed by atoms with E-state index < -0.39 is 0 Å². The highest BCUT2D eigenvalue weighted by Gasteiger charge is 2.06. The van der Waals surface area contributed by atoms with E-state index >= 15 is 0 Å². The van der Waals surface area contributed by atoms with Crippen LogP contribution in [0.25, 0.3) is 11.0 Å². The van der Waals surface area contributed by atoms with Crippen molar-refractivity contribution in [2.75, 3.05) is 0 Å². The first kappa shape index (κ1) is 10.3. The predicted octanol–water partition coefficient (Wildman–Crippen LogP) is 3.13. The highest BCUT2D eigenvalue weighted by molar-refractivity contribution is 6.33.